The second kappa shape index (κ2) is 3.48. The standard InChI is InChI=1S/C7H9NO2S/c1-5(7(9)10-2)6-3-8-4-11-6/h3-5H,1-2H3/t5-/m0/s1. The molecule has 0 aliphatic carbocycles. The molecular weight excluding hydrogens is 162 g/mol. The molecule has 0 aliphatic heterocycles. The van der Waals surface area contributed by atoms with Gasteiger partial charge in [-0.3, -0.25) is 9.78 Å². The van der Waals surface area contributed by atoms with Crippen molar-refractivity contribution >= 4 is 17.3 Å². The fraction of sp³-hybridized carbons (Fsp3) is 0.429. The van der Waals surface area contributed by atoms with Gasteiger partial charge in [0.25, 0.3) is 0 Å². The van der Waals surface area contributed by atoms with Crippen molar-refractivity contribution in [2.24, 2.45) is 0 Å². The molecule has 0 bridgehead atoms. The van der Waals surface area contributed by atoms with Crippen LogP contribution in [-0.4, -0.2) is 18.1 Å². The van der Waals surface area contributed by atoms with Gasteiger partial charge in [0, 0.05) is 11.1 Å². The predicted octanol–water partition coefficient (Wildman–Crippen LogP) is 1.42. The van der Waals surface area contributed by atoms with E-state index in [0.29, 0.717) is 0 Å². The van der Waals surface area contributed by atoms with Crippen molar-refractivity contribution in [3.05, 3.63) is 16.6 Å². The maximum atomic E-state index is 11.0. The third-order valence-electron chi connectivity index (χ3n) is 1.43. The zero-order valence-corrected chi connectivity index (χ0v) is 7.22. The highest BCUT2D eigenvalue weighted by Crippen LogP contribution is 2.19. The molecule has 1 atom stereocenters. The summed E-state index contributed by atoms with van der Waals surface area (Å²) in [6.07, 6.45) is 1.69. The molecule has 1 aromatic heterocycles. The molecule has 0 saturated heterocycles. The molecule has 0 unspecified atom stereocenters. The predicted molar refractivity (Wildman–Crippen MR) is 42.5 cm³/mol. The van der Waals surface area contributed by atoms with Crippen LogP contribution in [-0.2, 0) is 9.53 Å². The largest absolute Gasteiger partial charge is 0.469 e. The topological polar surface area (TPSA) is 39.2 Å². The molecular formula is C7H9NO2S. The van der Waals surface area contributed by atoms with Gasteiger partial charge in [0.05, 0.1) is 18.5 Å². The number of thiazole rings is 1. The second-order valence-electron chi connectivity index (χ2n) is 2.15. The van der Waals surface area contributed by atoms with Gasteiger partial charge in [0.15, 0.2) is 0 Å². The number of methoxy groups -OCH3 is 1. The summed E-state index contributed by atoms with van der Waals surface area (Å²) in [6, 6.07) is 0. The quantitative estimate of drug-likeness (QED) is 0.632. The Morgan fingerprint density at radius 3 is 3.00 bits per heavy atom. The first-order valence-electron chi connectivity index (χ1n) is 3.22. The van der Waals surface area contributed by atoms with Gasteiger partial charge in [-0.15, -0.1) is 11.3 Å². The monoisotopic (exact) mass is 171 g/mol. The number of carbonyl (C=O) groups is 1. The minimum Gasteiger partial charge on any atom is -0.469 e. The molecule has 0 spiro atoms. The molecule has 0 fully saturated rings. The van der Waals surface area contributed by atoms with Gasteiger partial charge >= 0.3 is 5.97 Å². The summed E-state index contributed by atoms with van der Waals surface area (Å²) < 4.78 is 4.58. The normalized spacial score (nSPS) is 12.5. The fourth-order valence-corrected chi connectivity index (χ4v) is 1.40. The van der Waals surface area contributed by atoms with Crippen LogP contribution in [0, 0.1) is 0 Å². The maximum absolute atomic E-state index is 11.0. The van der Waals surface area contributed by atoms with Gasteiger partial charge in [-0.2, -0.15) is 0 Å². The lowest BCUT2D eigenvalue weighted by atomic mass is 10.1. The number of esters is 1. The summed E-state index contributed by atoms with van der Waals surface area (Å²) in [5.74, 6) is -0.401. The maximum Gasteiger partial charge on any atom is 0.313 e. The Morgan fingerprint density at radius 2 is 2.55 bits per heavy atom. The van der Waals surface area contributed by atoms with Gasteiger partial charge in [-0.1, -0.05) is 0 Å². The molecule has 1 rings (SSSR count). The van der Waals surface area contributed by atoms with Crippen LogP contribution in [0.25, 0.3) is 0 Å². The molecule has 3 nitrogen and oxygen atoms in total. The van der Waals surface area contributed by atoms with Crippen molar-refractivity contribution in [3.63, 3.8) is 0 Å². The molecule has 0 aliphatic rings. The van der Waals surface area contributed by atoms with Crippen LogP contribution in [0.15, 0.2) is 11.7 Å². The summed E-state index contributed by atoms with van der Waals surface area (Å²) >= 11 is 1.46. The highest BCUT2D eigenvalue weighted by atomic mass is 32.1. The van der Waals surface area contributed by atoms with E-state index in [9.17, 15) is 4.79 Å². The molecule has 4 heteroatoms. The average molecular weight is 171 g/mol. The van der Waals surface area contributed by atoms with E-state index in [4.69, 9.17) is 0 Å². The first-order chi connectivity index (χ1) is 5.25. The van der Waals surface area contributed by atoms with Crippen molar-refractivity contribution in [3.8, 4) is 0 Å². The van der Waals surface area contributed by atoms with Crippen LogP contribution in [0.2, 0.25) is 0 Å². The van der Waals surface area contributed by atoms with Crippen molar-refractivity contribution in [2.45, 2.75) is 12.8 Å². The molecule has 0 radical (unpaired) electrons. The molecule has 11 heavy (non-hydrogen) atoms. The van der Waals surface area contributed by atoms with Gasteiger partial charge in [-0.25, -0.2) is 0 Å². The zero-order valence-electron chi connectivity index (χ0n) is 6.40. The molecule has 0 N–H and O–H groups in total. The lowest BCUT2D eigenvalue weighted by Gasteiger charge is -2.04. The van der Waals surface area contributed by atoms with E-state index >= 15 is 0 Å². The number of ether oxygens (including phenoxy) is 1. The van der Waals surface area contributed by atoms with E-state index in [2.05, 4.69) is 9.72 Å². The first-order valence-corrected chi connectivity index (χ1v) is 4.10. The van der Waals surface area contributed by atoms with Crippen molar-refractivity contribution < 1.29 is 9.53 Å². The Balaban J connectivity index is 2.70. The SMILES string of the molecule is COC(=O)[C@@H](C)c1cncs1. The summed E-state index contributed by atoms with van der Waals surface area (Å²) in [6.45, 7) is 1.80. The number of nitrogens with zero attached hydrogens (tertiary/aromatic N) is 1. The molecule has 0 saturated carbocycles. The second-order valence-corrected chi connectivity index (χ2v) is 3.07. The van der Waals surface area contributed by atoms with Crippen LogP contribution < -0.4 is 0 Å². The number of aromatic nitrogens is 1. The van der Waals surface area contributed by atoms with E-state index < -0.39 is 0 Å². The van der Waals surface area contributed by atoms with E-state index in [0.717, 1.165) is 4.88 Å². The lowest BCUT2D eigenvalue weighted by Crippen LogP contribution is -2.09. The third kappa shape index (κ3) is 1.77. The summed E-state index contributed by atoms with van der Waals surface area (Å²) in [5, 5.41) is 0. The minimum absolute atomic E-state index is 0.188. The molecule has 0 amide bonds. The highest BCUT2D eigenvalue weighted by Gasteiger charge is 2.16. The third-order valence-corrected chi connectivity index (χ3v) is 2.39. The van der Waals surface area contributed by atoms with Crippen LogP contribution in [0.5, 0.6) is 0 Å². The molecule has 1 heterocycles. The number of carbonyl (C=O) groups excluding carboxylic acids is 1. The fourth-order valence-electron chi connectivity index (χ4n) is 0.732. The van der Waals surface area contributed by atoms with Crippen LogP contribution >= 0.6 is 11.3 Å². The van der Waals surface area contributed by atoms with Crippen LogP contribution in [0.4, 0.5) is 0 Å². The Labute approximate surface area is 69.0 Å². The smallest absolute Gasteiger partial charge is 0.313 e. The van der Waals surface area contributed by atoms with E-state index in [-0.39, 0.29) is 11.9 Å². The van der Waals surface area contributed by atoms with Crippen molar-refractivity contribution in [1.82, 2.24) is 4.98 Å². The number of hydrogen-bond donors (Lipinski definition) is 0. The van der Waals surface area contributed by atoms with Crippen LogP contribution in [0.3, 0.4) is 0 Å². The summed E-state index contributed by atoms with van der Waals surface area (Å²) in [7, 11) is 1.39. The van der Waals surface area contributed by atoms with E-state index in [1.807, 2.05) is 0 Å². The van der Waals surface area contributed by atoms with Crippen molar-refractivity contribution in [2.75, 3.05) is 7.11 Å². The van der Waals surface area contributed by atoms with Gasteiger partial charge in [-0.05, 0) is 6.92 Å². The van der Waals surface area contributed by atoms with Gasteiger partial charge in [0.1, 0.15) is 0 Å². The van der Waals surface area contributed by atoms with Crippen LogP contribution in [0.1, 0.15) is 17.7 Å². The zero-order chi connectivity index (χ0) is 8.27. The number of hydrogen-bond acceptors (Lipinski definition) is 4. The highest BCUT2D eigenvalue weighted by molar-refractivity contribution is 7.09. The molecule has 0 aromatic carbocycles. The Kier molecular flexibility index (Phi) is 2.59. The molecule has 1 aromatic rings. The number of rotatable bonds is 2. The summed E-state index contributed by atoms with van der Waals surface area (Å²) in [4.78, 5) is 15.8. The first kappa shape index (κ1) is 8.20. The molecule has 60 valence electrons. The minimum atomic E-state index is -0.214. The van der Waals surface area contributed by atoms with Crippen molar-refractivity contribution in [1.29, 1.82) is 0 Å². The van der Waals surface area contributed by atoms with Gasteiger partial charge in [0.2, 0.25) is 0 Å². The van der Waals surface area contributed by atoms with Gasteiger partial charge < -0.3 is 4.74 Å². The Bertz CT molecular complexity index is 233. The lowest BCUT2D eigenvalue weighted by molar-refractivity contribution is -0.141. The Hall–Kier alpha value is -0.900. The van der Waals surface area contributed by atoms with E-state index in [1.165, 1.54) is 18.4 Å². The van der Waals surface area contributed by atoms with E-state index in [1.54, 1.807) is 18.6 Å². The average Bonchev–Trinajstić information content (AvgIpc) is 2.53. The Morgan fingerprint density at radius 1 is 1.82 bits per heavy atom. The summed E-state index contributed by atoms with van der Waals surface area (Å²) in [5.41, 5.74) is 1.70.